The van der Waals surface area contributed by atoms with Crippen LogP contribution in [-0.4, -0.2) is 32.1 Å². The number of carbonyl (C=O) groups is 2. The van der Waals surface area contributed by atoms with Crippen LogP contribution in [0.25, 0.3) is 0 Å². The van der Waals surface area contributed by atoms with Gasteiger partial charge in [0.1, 0.15) is 24.7 Å². The second kappa shape index (κ2) is 9.32. The zero-order valence-corrected chi connectivity index (χ0v) is 14.3. The second-order valence-corrected chi connectivity index (χ2v) is 5.11. The molecule has 132 valence electrons. The average Bonchev–Trinajstić information content (AvgIpc) is 2.65. The van der Waals surface area contributed by atoms with E-state index in [2.05, 4.69) is 5.32 Å². The van der Waals surface area contributed by atoms with Crippen molar-refractivity contribution in [1.29, 1.82) is 0 Å². The van der Waals surface area contributed by atoms with E-state index in [4.69, 9.17) is 14.2 Å². The number of rotatable bonds is 8. The van der Waals surface area contributed by atoms with Gasteiger partial charge in [-0.1, -0.05) is 18.2 Å². The Hall–Kier alpha value is -3.02. The number of methoxy groups -OCH3 is 1. The fourth-order valence-corrected chi connectivity index (χ4v) is 2.13. The maximum atomic E-state index is 12.0. The molecule has 2 rings (SSSR count). The van der Waals surface area contributed by atoms with Crippen LogP contribution in [0.4, 0.5) is 0 Å². The van der Waals surface area contributed by atoms with E-state index in [1.54, 1.807) is 31.4 Å². The molecule has 0 fully saturated rings. The number of amides is 1. The van der Waals surface area contributed by atoms with E-state index in [-0.39, 0.29) is 19.1 Å². The Morgan fingerprint density at radius 2 is 1.76 bits per heavy atom. The lowest BCUT2D eigenvalue weighted by atomic mass is 10.2. The van der Waals surface area contributed by atoms with Crippen molar-refractivity contribution >= 4 is 11.9 Å². The highest BCUT2D eigenvalue weighted by Crippen LogP contribution is 2.18. The molecular formula is C19H21NO5. The summed E-state index contributed by atoms with van der Waals surface area (Å²) in [5.74, 6) is 0.464. The molecule has 0 saturated heterocycles. The summed E-state index contributed by atoms with van der Waals surface area (Å²) in [5.41, 5.74) is 1.22. The van der Waals surface area contributed by atoms with Gasteiger partial charge in [-0.3, -0.25) is 9.59 Å². The molecule has 0 aliphatic rings. The van der Waals surface area contributed by atoms with Crippen LogP contribution >= 0.6 is 0 Å². The molecule has 6 heteroatoms. The van der Waals surface area contributed by atoms with Crippen LogP contribution < -0.4 is 14.8 Å². The minimum absolute atomic E-state index is 0.0907. The van der Waals surface area contributed by atoms with Crippen molar-refractivity contribution in [3.05, 3.63) is 59.7 Å². The molecule has 0 unspecified atom stereocenters. The third-order valence-corrected chi connectivity index (χ3v) is 3.41. The van der Waals surface area contributed by atoms with E-state index in [1.807, 2.05) is 31.2 Å². The predicted octanol–water partition coefficient (Wildman–Crippen LogP) is 2.57. The molecule has 25 heavy (non-hydrogen) atoms. The van der Waals surface area contributed by atoms with Crippen molar-refractivity contribution in [2.45, 2.75) is 13.5 Å². The Morgan fingerprint density at radius 1 is 1.04 bits per heavy atom. The molecule has 0 saturated carbocycles. The SMILES string of the molecule is CCOc1ccccc1COC(=O)CNC(=O)c1ccc(OC)cc1. The maximum Gasteiger partial charge on any atom is 0.325 e. The smallest absolute Gasteiger partial charge is 0.325 e. The average molecular weight is 343 g/mol. The lowest BCUT2D eigenvalue weighted by Gasteiger charge is -2.11. The molecule has 1 N–H and O–H groups in total. The van der Waals surface area contributed by atoms with Gasteiger partial charge in [-0.15, -0.1) is 0 Å². The van der Waals surface area contributed by atoms with Gasteiger partial charge in [0.15, 0.2) is 0 Å². The van der Waals surface area contributed by atoms with Crippen LogP contribution in [0.5, 0.6) is 11.5 Å². The Kier molecular flexibility index (Phi) is 6.83. The molecule has 2 aromatic rings. The summed E-state index contributed by atoms with van der Waals surface area (Å²) in [6, 6.07) is 13.9. The topological polar surface area (TPSA) is 73.9 Å². The summed E-state index contributed by atoms with van der Waals surface area (Å²) in [5, 5.41) is 2.53. The van der Waals surface area contributed by atoms with Gasteiger partial charge in [0, 0.05) is 11.1 Å². The normalized spacial score (nSPS) is 10.0. The van der Waals surface area contributed by atoms with Crippen LogP contribution in [0.3, 0.4) is 0 Å². The highest BCUT2D eigenvalue weighted by molar-refractivity contribution is 5.96. The minimum atomic E-state index is -0.520. The Bertz CT molecular complexity index is 712. The van der Waals surface area contributed by atoms with Crippen molar-refractivity contribution in [1.82, 2.24) is 5.32 Å². The number of carbonyl (C=O) groups excluding carboxylic acids is 2. The highest BCUT2D eigenvalue weighted by atomic mass is 16.5. The first kappa shape index (κ1) is 18.3. The molecule has 0 aliphatic carbocycles. The van der Waals surface area contributed by atoms with Gasteiger partial charge >= 0.3 is 5.97 Å². The predicted molar refractivity (Wildman–Crippen MR) is 92.7 cm³/mol. The summed E-state index contributed by atoms with van der Waals surface area (Å²) in [6.07, 6.45) is 0. The van der Waals surface area contributed by atoms with Gasteiger partial charge in [0.05, 0.1) is 13.7 Å². The summed E-state index contributed by atoms with van der Waals surface area (Å²) >= 11 is 0. The van der Waals surface area contributed by atoms with E-state index in [0.717, 1.165) is 5.56 Å². The van der Waals surface area contributed by atoms with Crippen molar-refractivity contribution in [2.24, 2.45) is 0 Å². The van der Waals surface area contributed by atoms with Crippen molar-refractivity contribution in [3.8, 4) is 11.5 Å². The number of hydrogen-bond donors (Lipinski definition) is 1. The first-order valence-electron chi connectivity index (χ1n) is 7.92. The monoisotopic (exact) mass is 343 g/mol. The molecule has 6 nitrogen and oxygen atoms in total. The van der Waals surface area contributed by atoms with E-state index in [1.165, 1.54) is 0 Å². The Labute approximate surface area is 146 Å². The molecule has 0 aromatic heterocycles. The second-order valence-electron chi connectivity index (χ2n) is 5.11. The van der Waals surface area contributed by atoms with E-state index in [0.29, 0.717) is 23.7 Å². The zero-order valence-electron chi connectivity index (χ0n) is 14.3. The fraction of sp³-hybridized carbons (Fsp3) is 0.263. The quantitative estimate of drug-likeness (QED) is 0.746. The Morgan fingerprint density at radius 3 is 2.44 bits per heavy atom. The van der Waals surface area contributed by atoms with E-state index < -0.39 is 5.97 Å². The number of nitrogens with one attached hydrogen (secondary N) is 1. The third-order valence-electron chi connectivity index (χ3n) is 3.41. The largest absolute Gasteiger partial charge is 0.497 e. The van der Waals surface area contributed by atoms with Crippen LogP contribution in [0.15, 0.2) is 48.5 Å². The van der Waals surface area contributed by atoms with Crippen LogP contribution in [-0.2, 0) is 16.1 Å². The highest BCUT2D eigenvalue weighted by Gasteiger charge is 2.10. The van der Waals surface area contributed by atoms with Crippen LogP contribution in [0.1, 0.15) is 22.8 Å². The lowest BCUT2D eigenvalue weighted by molar-refractivity contribution is -0.143. The standard InChI is InChI=1S/C19H21NO5/c1-3-24-17-7-5-4-6-15(17)13-25-18(21)12-20-19(22)14-8-10-16(23-2)11-9-14/h4-11H,3,12-13H2,1-2H3,(H,20,22). The van der Waals surface area contributed by atoms with Crippen molar-refractivity contribution in [3.63, 3.8) is 0 Å². The van der Waals surface area contributed by atoms with Gasteiger partial charge in [0.2, 0.25) is 0 Å². The molecule has 0 heterocycles. The third kappa shape index (κ3) is 5.53. The van der Waals surface area contributed by atoms with Crippen LogP contribution in [0, 0.1) is 0 Å². The summed E-state index contributed by atoms with van der Waals surface area (Å²) in [6.45, 7) is 2.30. The molecule has 0 bridgehead atoms. The van der Waals surface area contributed by atoms with Crippen molar-refractivity contribution in [2.75, 3.05) is 20.3 Å². The molecule has 0 spiro atoms. The number of hydrogen-bond acceptors (Lipinski definition) is 5. The van der Waals surface area contributed by atoms with Gasteiger partial charge in [-0.25, -0.2) is 0 Å². The zero-order chi connectivity index (χ0) is 18.1. The molecular weight excluding hydrogens is 322 g/mol. The van der Waals surface area contributed by atoms with Gasteiger partial charge in [0.25, 0.3) is 5.91 Å². The maximum absolute atomic E-state index is 12.0. The van der Waals surface area contributed by atoms with Gasteiger partial charge < -0.3 is 19.5 Å². The fourth-order valence-electron chi connectivity index (χ4n) is 2.13. The minimum Gasteiger partial charge on any atom is -0.497 e. The Balaban J connectivity index is 1.81. The van der Waals surface area contributed by atoms with Gasteiger partial charge in [-0.05, 0) is 37.3 Å². The number of esters is 1. The first-order chi connectivity index (χ1) is 12.1. The molecule has 0 atom stereocenters. The lowest BCUT2D eigenvalue weighted by Crippen LogP contribution is -2.30. The van der Waals surface area contributed by atoms with Crippen LogP contribution in [0.2, 0.25) is 0 Å². The molecule has 0 radical (unpaired) electrons. The van der Waals surface area contributed by atoms with E-state index >= 15 is 0 Å². The molecule has 1 amide bonds. The van der Waals surface area contributed by atoms with Gasteiger partial charge in [-0.2, -0.15) is 0 Å². The first-order valence-corrected chi connectivity index (χ1v) is 7.92. The van der Waals surface area contributed by atoms with E-state index in [9.17, 15) is 9.59 Å². The number of para-hydroxylation sites is 1. The van der Waals surface area contributed by atoms with Crippen molar-refractivity contribution < 1.29 is 23.8 Å². The number of benzene rings is 2. The summed E-state index contributed by atoms with van der Waals surface area (Å²) < 4.78 is 15.7. The molecule has 0 aliphatic heterocycles. The summed E-state index contributed by atoms with van der Waals surface area (Å²) in [4.78, 5) is 23.8. The number of ether oxygens (including phenoxy) is 3. The summed E-state index contributed by atoms with van der Waals surface area (Å²) in [7, 11) is 1.55. The molecule has 2 aromatic carbocycles.